The fourth-order valence-electron chi connectivity index (χ4n) is 1.94. The zero-order valence-corrected chi connectivity index (χ0v) is 11.2. The van der Waals surface area contributed by atoms with E-state index >= 15 is 0 Å². The highest BCUT2D eigenvalue weighted by Crippen LogP contribution is 2.20. The van der Waals surface area contributed by atoms with E-state index in [2.05, 4.69) is 38.3 Å². The van der Waals surface area contributed by atoms with Crippen LogP contribution in [-0.4, -0.2) is 25.7 Å². The first-order valence-electron chi connectivity index (χ1n) is 5.96. The number of hydrogen-bond donors (Lipinski definition) is 1. The highest BCUT2D eigenvalue weighted by atomic mass is 32.1. The van der Waals surface area contributed by atoms with E-state index < -0.39 is 0 Å². The summed E-state index contributed by atoms with van der Waals surface area (Å²) in [7, 11) is 0. The van der Waals surface area contributed by atoms with Crippen molar-refractivity contribution >= 4 is 16.3 Å². The van der Waals surface area contributed by atoms with Crippen LogP contribution in [0.25, 0.3) is 10.8 Å². The Hall–Kier alpha value is -1.66. The van der Waals surface area contributed by atoms with Gasteiger partial charge in [0.05, 0.1) is 11.9 Å². The van der Waals surface area contributed by atoms with Crippen molar-refractivity contribution in [3.05, 3.63) is 35.2 Å². The quantitative estimate of drug-likeness (QED) is 0.781. The first-order chi connectivity index (χ1) is 8.79. The summed E-state index contributed by atoms with van der Waals surface area (Å²) in [5, 5.41) is 9.75. The average Bonchev–Trinajstić information content (AvgIpc) is 3.01. The van der Waals surface area contributed by atoms with Gasteiger partial charge in [0.1, 0.15) is 0 Å². The van der Waals surface area contributed by atoms with E-state index in [9.17, 15) is 0 Å². The number of hydrogen-bond acceptors (Lipinski definition) is 4. The molecule has 0 atom stereocenters. The SMILES string of the molecule is CCNCc1c(-n2cc(C)cn2)nc2sccn12. The predicted molar refractivity (Wildman–Crippen MR) is 72.3 cm³/mol. The summed E-state index contributed by atoms with van der Waals surface area (Å²) in [5.74, 6) is 0.913. The van der Waals surface area contributed by atoms with E-state index in [1.54, 1.807) is 11.3 Å². The van der Waals surface area contributed by atoms with E-state index in [-0.39, 0.29) is 0 Å². The third-order valence-electron chi connectivity index (χ3n) is 2.81. The maximum atomic E-state index is 4.65. The van der Waals surface area contributed by atoms with Gasteiger partial charge in [-0.15, -0.1) is 11.3 Å². The number of aryl methyl sites for hydroxylation is 1. The first kappa shape index (κ1) is 11.4. The minimum absolute atomic E-state index is 0.794. The molecule has 3 aromatic rings. The highest BCUT2D eigenvalue weighted by Gasteiger charge is 2.14. The van der Waals surface area contributed by atoms with Gasteiger partial charge in [0.2, 0.25) is 0 Å². The van der Waals surface area contributed by atoms with E-state index in [4.69, 9.17) is 0 Å². The minimum Gasteiger partial charge on any atom is -0.311 e. The monoisotopic (exact) mass is 261 g/mol. The Morgan fingerprint density at radius 2 is 2.33 bits per heavy atom. The normalized spacial score (nSPS) is 11.4. The summed E-state index contributed by atoms with van der Waals surface area (Å²) >= 11 is 1.64. The van der Waals surface area contributed by atoms with Crippen LogP contribution < -0.4 is 5.32 Å². The van der Waals surface area contributed by atoms with Crippen molar-refractivity contribution in [3.8, 4) is 5.82 Å². The number of nitrogens with one attached hydrogen (secondary N) is 1. The second kappa shape index (κ2) is 4.55. The third kappa shape index (κ3) is 1.83. The summed E-state index contributed by atoms with van der Waals surface area (Å²) < 4.78 is 3.97. The molecule has 5 nitrogen and oxygen atoms in total. The van der Waals surface area contributed by atoms with Gasteiger partial charge in [-0.3, -0.25) is 4.40 Å². The molecule has 18 heavy (non-hydrogen) atoms. The van der Waals surface area contributed by atoms with Gasteiger partial charge in [-0.25, -0.2) is 4.68 Å². The number of fused-ring (bicyclic) bond motifs is 1. The topological polar surface area (TPSA) is 47.2 Å². The van der Waals surface area contributed by atoms with Crippen molar-refractivity contribution in [1.29, 1.82) is 0 Å². The molecule has 1 N–H and O–H groups in total. The van der Waals surface area contributed by atoms with E-state index in [1.807, 2.05) is 24.0 Å². The Bertz CT molecular complexity index is 663. The van der Waals surface area contributed by atoms with Crippen molar-refractivity contribution in [2.24, 2.45) is 0 Å². The Morgan fingerprint density at radius 1 is 1.44 bits per heavy atom. The molecule has 3 rings (SSSR count). The molecule has 6 heteroatoms. The number of imidazole rings is 1. The Labute approximate surface area is 109 Å². The molecule has 94 valence electrons. The molecular formula is C12H15N5S. The smallest absolute Gasteiger partial charge is 0.196 e. The Morgan fingerprint density at radius 3 is 3.06 bits per heavy atom. The number of aromatic nitrogens is 4. The van der Waals surface area contributed by atoms with Crippen molar-refractivity contribution < 1.29 is 0 Å². The molecule has 0 aliphatic carbocycles. The molecule has 0 aromatic carbocycles. The van der Waals surface area contributed by atoms with Crippen LogP contribution in [0.15, 0.2) is 24.0 Å². The van der Waals surface area contributed by atoms with Gasteiger partial charge in [-0.1, -0.05) is 6.92 Å². The lowest BCUT2D eigenvalue weighted by atomic mass is 10.4. The molecule has 0 saturated heterocycles. The standard InChI is InChI=1S/C12H15N5S/c1-3-13-7-10-11(17-8-9(2)6-14-17)15-12-16(10)4-5-18-12/h4-6,8,13H,3,7H2,1-2H3. The van der Waals surface area contributed by atoms with E-state index in [0.29, 0.717) is 0 Å². The fourth-order valence-corrected chi connectivity index (χ4v) is 2.67. The van der Waals surface area contributed by atoms with Crippen molar-refractivity contribution in [1.82, 2.24) is 24.5 Å². The molecule has 0 fully saturated rings. The van der Waals surface area contributed by atoms with Crippen LogP contribution in [-0.2, 0) is 6.54 Å². The van der Waals surface area contributed by atoms with Crippen LogP contribution >= 0.6 is 11.3 Å². The lowest BCUT2D eigenvalue weighted by Gasteiger charge is -2.04. The second-order valence-electron chi connectivity index (χ2n) is 4.18. The Kier molecular flexibility index (Phi) is 2.89. The molecule has 3 heterocycles. The molecule has 3 aromatic heterocycles. The zero-order chi connectivity index (χ0) is 12.5. The Balaban J connectivity index is 2.12. The van der Waals surface area contributed by atoms with Gasteiger partial charge in [-0.05, 0) is 19.0 Å². The maximum absolute atomic E-state index is 4.65. The number of rotatable bonds is 4. The van der Waals surface area contributed by atoms with Crippen LogP contribution in [0.5, 0.6) is 0 Å². The molecule has 0 aliphatic rings. The molecule has 0 bridgehead atoms. The summed E-state index contributed by atoms with van der Waals surface area (Å²) in [5.41, 5.74) is 2.29. The van der Waals surface area contributed by atoms with E-state index in [1.165, 1.54) is 0 Å². The van der Waals surface area contributed by atoms with Crippen LogP contribution in [0.4, 0.5) is 0 Å². The molecule has 0 radical (unpaired) electrons. The first-order valence-corrected chi connectivity index (χ1v) is 6.84. The van der Waals surface area contributed by atoms with Crippen LogP contribution in [0.2, 0.25) is 0 Å². The van der Waals surface area contributed by atoms with Crippen LogP contribution in [0, 0.1) is 6.92 Å². The summed E-state index contributed by atoms with van der Waals surface area (Å²) in [6, 6.07) is 0. The van der Waals surface area contributed by atoms with Crippen molar-refractivity contribution in [3.63, 3.8) is 0 Å². The van der Waals surface area contributed by atoms with Gasteiger partial charge >= 0.3 is 0 Å². The van der Waals surface area contributed by atoms with Gasteiger partial charge in [0.25, 0.3) is 0 Å². The third-order valence-corrected chi connectivity index (χ3v) is 3.57. The minimum atomic E-state index is 0.794. The van der Waals surface area contributed by atoms with Crippen molar-refractivity contribution in [2.75, 3.05) is 6.54 Å². The molecular weight excluding hydrogens is 246 g/mol. The summed E-state index contributed by atoms with van der Waals surface area (Å²) in [6.45, 7) is 5.87. The van der Waals surface area contributed by atoms with Gasteiger partial charge in [0, 0.05) is 24.3 Å². The maximum Gasteiger partial charge on any atom is 0.196 e. The molecule has 0 unspecified atom stereocenters. The van der Waals surface area contributed by atoms with Crippen LogP contribution in [0.1, 0.15) is 18.2 Å². The highest BCUT2D eigenvalue weighted by molar-refractivity contribution is 7.15. The largest absolute Gasteiger partial charge is 0.311 e. The van der Waals surface area contributed by atoms with Crippen LogP contribution in [0.3, 0.4) is 0 Å². The summed E-state index contributed by atoms with van der Waals surface area (Å²) in [4.78, 5) is 5.66. The lowest BCUT2D eigenvalue weighted by molar-refractivity contribution is 0.695. The molecule has 0 saturated carbocycles. The summed E-state index contributed by atoms with van der Waals surface area (Å²) in [6.07, 6.45) is 5.91. The van der Waals surface area contributed by atoms with Crippen molar-refractivity contribution in [2.45, 2.75) is 20.4 Å². The predicted octanol–water partition coefficient (Wildman–Crippen LogP) is 2.00. The van der Waals surface area contributed by atoms with Gasteiger partial charge in [-0.2, -0.15) is 10.1 Å². The fraction of sp³-hybridized carbons (Fsp3) is 0.333. The van der Waals surface area contributed by atoms with E-state index in [0.717, 1.165) is 35.1 Å². The number of nitrogens with zero attached hydrogens (tertiary/aromatic N) is 4. The van der Waals surface area contributed by atoms with Gasteiger partial charge < -0.3 is 5.32 Å². The second-order valence-corrected chi connectivity index (χ2v) is 5.05. The zero-order valence-electron chi connectivity index (χ0n) is 10.4. The molecule has 0 spiro atoms. The average molecular weight is 261 g/mol. The number of thiazole rings is 1. The molecule has 0 amide bonds. The lowest BCUT2D eigenvalue weighted by Crippen LogP contribution is -2.15. The molecule has 0 aliphatic heterocycles. The van der Waals surface area contributed by atoms with Gasteiger partial charge in [0.15, 0.2) is 10.8 Å².